The van der Waals surface area contributed by atoms with E-state index in [0.29, 0.717) is 5.92 Å². The first-order chi connectivity index (χ1) is 6.50. The van der Waals surface area contributed by atoms with Crippen molar-refractivity contribution in [1.29, 1.82) is 0 Å². The Kier molecular flexibility index (Phi) is 3.68. The molecule has 1 aromatic rings. The van der Waals surface area contributed by atoms with Crippen LogP contribution in [-0.2, 0) is 6.42 Å². The lowest BCUT2D eigenvalue weighted by Crippen LogP contribution is -1.98. The molecule has 14 heavy (non-hydrogen) atoms. The highest BCUT2D eigenvalue weighted by atomic mass is 19.1. The van der Waals surface area contributed by atoms with Crippen molar-refractivity contribution in [2.24, 2.45) is 5.92 Å². The highest BCUT2D eigenvalue weighted by Crippen LogP contribution is 2.20. The predicted molar refractivity (Wildman–Crippen MR) is 59.0 cm³/mol. The number of hydrogen-bond acceptors (Lipinski definition) is 0. The van der Waals surface area contributed by atoms with E-state index in [1.54, 1.807) is 6.07 Å². The fourth-order valence-electron chi connectivity index (χ4n) is 1.64. The third-order valence-electron chi connectivity index (χ3n) is 2.33. The summed E-state index contributed by atoms with van der Waals surface area (Å²) in [5.74, 6) is 0.792. The van der Waals surface area contributed by atoms with Crippen molar-refractivity contribution < 1.29 is 4.39 Å². The molecule has 0 unspecified atom stereocenters. The van der Waals surface area contributed by atoms with Gasteiger partial charge in [0, 0.05) is 0 Å². The van der Waals surface area contributed by atoms with Gasteiger partial charge in [-0.25, -0.2) is 4.39 Å². The fourth-order valence-corrected chi connectivity index (χ4v) is 1.64. The van der Waals surface area contributed by atoms with E-state index >= 15 is 0 Å². The first kappa shape index (κ1) is 11.2. The first-order valence-corrected chi connectivity index (χ1v) is 5.29. The Balaban J connectivity index is 2.89. The monoisotopic (exact) mass is 194 g/mol. The second kappa shape index (κ2) is 4.59. The molecule has 0 amide bonds. The molecular formula is C13H19F. The maximum atomic E-state index is 13.6. The molecule has 0 N–H and O–H groups in total. The zero-order valence-corrected chi connectivity index (χ0v) is 9.47. The number of halogens is 1. The minimum Gasteiger partial charge on any atom is -0.207 e. The molecule has 1 aromatic carbocycles. The zero-order valence-electron chi connectivity index (χ0n) is 9.47. The van der Waals surface area contributed by atoms with Crippen LogP contribution in [0.25, 0.3) is 0 Å². The lowest BCUT2D eigenvalue weighted by Gasteiger charge is -2.10. The van der Waals surface area contributed by atoms with E-state index in [0.717, 1.165) is 17.5 Å². The lowest BCUT2D eigenvalue weighted by atomic mass is 9.97. The quantitative estimate of drug-likeness (QED) is 0.678. The Hall–Kier alpha value is -0.850. The molecule has 0 aliphatic carbocycles. The second-order valence-corrected chi connectivity index (χ2v) is 4.61. The minimum absolute atomic E-state index is 0.0573. The third kappa shape index (κ3) is 2.83. The molecule has 0 bridgehead atoms. The predicted octanol–water partition coefficient (Wildman–Crippen LogP) is 4.15. The molecule has 0 aliphatic heterocycles. The van der Waals surface area contributed by atoms with Crippen molar-refractivity contribution in [3.63, 3.8) is 0 Å². The Morgan fingerprint density at radius 1 is 1.14 bits per heavy atom. The largest absolute Gasteiger partial charge is 0.207 e. The van der Waals surface area contributed by atoms with Crippen molar-refractivity contribution in [2.75, 3.05) is 0 Å². The molecule has 1 rings (SSSR count). The molecule has 0 heterocycles. The zero-order chi connectivity index (χ0) is 10.7. The van der Waals surface area contributed by atoms with Crippen LogP contribution in [0.2, 0.25) is 0 Å². The van der Waals surface area contributed by atoms with E-state index in [2.05, 4.69) is 13.8 Å². The Labute approximate surface area is 86.2 Å². The molecule has 78 valence electrons. The topological polar surface area (TPSA) is 0 Å². The lowest BCUT2D eigenvalue weighted by molar-refractivity contribution is 0.589. The van der Waals surface area contributed by atoms with E-state index in [4.69, 9.17) is 0 Å². The van der Waals surface area contributed by atoms with Crippen molar-refractivity contribution in [3.8, 4) is 0 Å². The summed E-state index contributed by atoms with van der Waals surface area (Å²) in [5, 5.41) is 0. The molecule has 0 spiro atoms. The highest BCUT2D eigenvalue weighted by molar-refractivity contribution is 5.26. The summed E-state index contributed by atoms with van der Waals surface area (Å²) >= 11 is 0. The molecule has 0 aromatic heterocycles. The summed E-state index contributed by atoms with van der Waals surface area (Å²) in [5.41, 5.74) is 1.92. The van der Waals surface area contributed by atoms with Crippen molar-refractivity contribution >= 4 is 0 Å². The molecular weight excluding hydrogens is 175 g/mol. The van der Waals surface area contributed by atoms with Gasteiger partial charge in [-0.1, -0.05) is 39.8 Å². The average Bonchev–Trinajstić information content (AvgIpc) is 2.01. The van der Waals surface area contributed by atoms with Gasteiger partial charge in [-0.3, -0.25) is 0 Å². The molecule has 0 nitrogen and oxygen atoms in total. The van der Waals surface area contributed by atoms with Crippen LogP contribution in [0.4, 0.5) is 4.39 Å². The van der Waals surface area contributed by atoms with Crippen LogP contribution in [0, 0.1) is 11.7 Å². The highest BCUT2D eigenvalue weighted by Gasteiger charge is 2.07. The van der Waals surface area contributed by atoms with Crippen molar-refractivity contribution in [3.05, 3.63) is 35.1 Å². The fraction of sp³-hybridized carbons (Fsp3) is 0.538. The van der Waals surface area contributed by atoms with Crippen LogP contribution in [-0.4, -0.2) is 0 Å². The number of benzene rings is 1. The van der Waals surface area contributed by atoms with Gasteiger partial charge in [-0.2, -0.15) is 0 Å². The van der Waals surface area contributed by atoms with E-state index in [1.807, 2.05) is 26.0 Å². The van der Waals surface area contributed by atoms with Gasteiger partial charge in [-0.15, -0.1) is 0 Å². The molecule has 0 fully saturated rings. The van der Waals surface area contributed by atoms with Gasteiger partial charge in [0.25, 0.3) is 0 Å². The number of rotatable bonds is 3. The van der Waals surface area contributed by atoms with Crippen LogP contribution >= 0.6 is 0 Å². The normalized spacial score (nSPS) is 11.4. The van der Waals surface area contributed by atoms with Crippen molar-refractivity contribution in [1.82, 2.24) is 0 Å². The number of hydrogen-bond donors (Lipinski definition) is 0. The van der Waals surface area contributed by atoms with Gasteiger partial charge in [0.05, 0.1) is 0 Å². The average molecular weight is 194 g/mol. The summed E-state index contributed by atoms with van der Waals surface area (Å²) in [4.78, 5) is 0. The van der Waals surface area contributed by atoms with Crippen LogP contribution in [0.3, 0.4) is 0 Å². The molecule has 0 saturated carbocycles. The maximum Gasteiger partial charge on any atom is 0.126 e. The first-order valence-electron chi connectivity index (χ1n) is 5.29. The molecule has 0 aliphatic rings. The summed E-state index contributed by atoms with van der Waals surface area (Å²) in [6.07, 6.45) is 0.954. The smallest absolute Gasteiger partial charge is 0.126 e. The van der Waals surface area contributed by atoms with E-state index in [1.165, 1.54) is 0 Å². The van der Waals surface area contributed by atoms with Gasteiger partial charge >= 0.3 is 0 Å². The molecule has 1 heteroatoms. The van der Waals surface area contributed by atoms with Crippen LogP contribution in [0.15, 0.2) is 18.2 Å². The molecule has 0 atom stereocenters. The summed E-state index contributed by atoms with van der Waals surface area (Å²) in [6, 6.07) is 5.63. The van der Waals surface area contributed by atoms with Gasteiger partial charge in [0.2, 0.25) is 0 Å². The van der Waals surface area contributed by atoms with Gasteiger partial charge in [0.1, 0.15) is 5.82 Å². The Bertz CT molecular complexity index is 300. The Morgan fingerprint density at radius 3 is 2.21 bits per heavy atom. The van der Waals surface area contributed by atoms with E-state index in [9.17, 15) is 4.39 Å². The minimum atomic E-state index is -0.0573. The van der Waals surface area contributed by atoms with E-state index in [-0.39, 0.29) is 11.7 Å². The second-order valence-electron chi connectivity index (χ2n) is 4.61. The van der Waals surface area contributed by atoms with Crippen LogP contribution < -0.4 is 0 Å². The van der Waals surface area contributed by atoms with Gasteiger partial charge < -0.3 is 0 Å². The van der Waals surface area contributed by atoms with Crippen molar-refractivity contribution in [2.45, 2.75) is 40.0 Å². The van der Waals surface area contributed by atoms with Gasteiger partial charge in [-0.05, 0) is 35.4 Å². The summed E-state index contributed by atoms with van der Waals surface area (Å²) in [7, 11) is 0. The van der Waals surface area contributed by atoms with Crippen LogP contribution in [0.5, 0.6) is 0 Å². The summed E-state index contributed by atoms with van der Waals surface area (Å²) < 4.78 is 13.6. The standard InChI is InChI=1S/C13H19F/c1-9(2)7-11-5-6-12(10(3)4)13(14)8-11/h5-6,8-10H,7H2,1-4H3. The third-order valence-corrected chi connectivity index (χ3v) is 2.33. The summed E-state index contributed by atoms with van der Waals surface area (Å²) in [6.45, 7) is 8.32. The van der Waals surface area contributed by atoms with Gasteiger partial charge in [0.15, 0.2) is 0 Å². The molecule has 0 saturated heterocycles. The van der Waals surface area contributed by atoms with Crippen LogP contribution in [0.1, 0.15) is 44.7 Å². The SMILES string of the molecule is CC(C)Cc1ccc(C(C)C)c(F)c1. The molecule has 0 radical (unpaired) electrons. The Morgan fingerprint density at radius 2 is 1.79 bits per heavy atom. The maximum absolute atomic E-state index is 13.6. The van der Waals surface area contributed by atoms with E-state index < -0.39 is 0 Å².